The average Bonchev–Trinajstić information content (AvgIpc) is 2.97. The maximum absolute atomic E-state index is 12.4. The molecule has 0 bridgehead atoms. The van der Waals surface area contributed by atoms with Gasteiger partial charge in [-0.1, -0.05) is 12.0 Å². The molecule has 0 atom stereocenters. The molecule has 2 aromatic rings. The number of benzene rings is 1. The number of aromatic nitrogens is 1. The van der Waals surface area contributed by atoms with E-state index < -0.39 is 0 Å². The normalized spacial score (nSPS) is 15.8. The van der Waals surface area contributed by atoms with E-state index >= 15 is 0 Å². The van der Waals surface area contributed by atoms with Crippen LogP contribution in [0.2, 0.25) is 0 Å². The number of hydrogen-bond donors (Lipinski definition) is 0. The van der Waals surface area contributed by atoms with Gasteiger partial charge in [0.25, 0.3) is 11.1 Å². The minimum atomic E-state index is -0.325. The second-order valence-corrected chi connectivity index (χ2v) is 7.47. The van der Waals surface area contributed by atoms with E-state index in [0.717, 1.165) is 39.3 Å². The summed E-state index contributed by atoms with van der Waals surface area (Å²) in [5.41, 5.74) is 6.51. The van der Waals surface area contributed by atoms with Crippen molar-refractivity contribution in [2.75, 3.05) is 6.54 Å². The molecule has 1 saturated heterocycles. The summed E-state index contributed by atoms with van der Waals surface area (Å²) in [5.74, 6) is 2.03. The average molecular weight is 364 g/mol. The summed E-state index contributed by atoms with van der Waals surface area (Å²) in [4.78, 5) is 25.8. The van der Waals surface area contributed by atoms with Gasteiger partial charge in [-0.25, -0.2) is 0 Å². The number of rotatable bonds is 3. The lowest BCUT2D eigenvalue weighted by atomic mass is 10.1. The predicted octanol–water partition coefficient (Wildman–Crippen LogP) is 4.38. The lowest BCUT2D eigenvalue weighted by Gasteiger charge is -2.12. The van der Waals surface area contributed by atoms with Crippen LogP contribution >= 0.6 is 11.8 Å². The third-order valence-electron chi connectivity index (χ3n) is 4.34. The summed E-state index contributed by atoms with van der Waals surface area (Å²) in [6.45, 7) is 8.21. The van der Waals surface area contributed by atoms with Crippen LogP contribution in [0.1, 0.15) is 28.1 Å². The van der Waals surface area contributed by atoms with Gasteiger partial charge in [0.1, 0.15) is 0 Å². The third kappa shape index (κ3) is 3.21. The molecule has 1 aromatic heterocycles. The molecular formula is C21H20N2O2S. The Labute approximate surface area is 157 Å². The van der Waals surface area contributed by atoms with Crippen molar-refractivity contribution in [1.29, 1.82) is 0 Å². The second kappa shape index (κ2) is 6.89. The van der Waals surface area contributed by atoms with E-state index in [1.165, 1.54) is 11.1 Å². The molecule has 0 radical (unpaired) electrons. The van der Waals surface area contributed by atoms with E-state index in [0.29, 0.717) is 4.91 Å². The molecule has 1 aliphatic rings. The number of aryl methyl sites for hydroxylation is 3. The van der Waals surface area contributed by atoms with Crippen LogP contribution in [0.25, 0.3) is 11.8 Å². The number of carbonyl (C=O) groups excluding carboxylic acids is 2. The maximum atomic E-state index is 12.4. The Bertz CT molecular complexity index is 972. The Morgan fingerprint density at radius 3 is 2.35 bits per heavy atom. The predicted molar refractivity (Wildman–Crippen MR) is 106 cm³/mol. The van der Waals surface area contributed by atoms with Gasteiger partial charge in [0.15, 0.2) is 0 Å². The third-order valence-corrected chi connectivity index (χ3v) is 5.25. The molecule has 0 saturated carbocycles. The second-order valence-electron chi connectivity index (χ2n) is 6.48. The number of imide groups is 1. The standard InChI is InChI=1S/C21H20N2O2S/c1-6-7-22-20(24)19(26-21(22)25)12-17-11-15(4)23(16(17)5)18-9-13(2)8-14(3)10-18/h1,8-12H,7H2,2-5H3/b19-12-. The molecule has 0 unspecified atom stereocenters. The van der Waals surface area contributed by atoms with Crippen LogP contribution < -0.4 is 0 Å². The van der Waals surface area contributed by atoms with Gasteiger partial charge >= 0.3 is 0 Å². The first-order valence-electron chi connectivity index (χ1n) is 8.28. The zero-order chi connectivity index (χ0) is 19.0. The fourth-order valence-electron chi connectivity index (χ4n) is 3.28. The van der Waals surface area contributed by atoms with Crippen molar-refractivity contribution in [1.82, 2.24) is 9.47 Å². The first kappa shape index (κ1) is 18.1. The van der Waals surface area contributed by atoms with Gasteiger partial charge in [-0.15, -0.1) is 6.42 Å². The van der Waals surface area contributed by atoms with Crippen LogP contribution in [-0.4, -0.2) is 27.2 Å². The number of carbonyl (C=O) groups is 2. The van der Waals surface area contributed by atoms with Gasteiger partial charge in [-0.05, 0) is 80.4 Å². The van der Waals surface area contributed by atoms with Crippen LogP contribution in [0.5, 0.6) is 0 Å². The molecule has 0 aliphatic carbocycles. The number of nitrogens with zero attached hydrogens (tertiary/aromatic N) is 2. The van der Waals surface area contributed by atoms with Crippen molar-refractivity contribution in [2.45, 2.75) is 27.7 Å². The monoisotopic (exact) mass is 364 g/mol. The molecule has 0 spiro atoms. The number of terminal acetylenes is 1. The summed E-state index contributed by atoms with van der Waals surface area (Å²) in [6.07, 6.45) is 7.02. The van der Waals surface area contributed by atoms with Crippen LogP contribution in [0.15, 0.2) is 29.2 Å². The molecule has 2 amide bonds. The van der Waals surface area contributed by atoms with Gasteiger partial charge in [0.05, 0.1) is 11.4 Å². The van der Waals surface area contributed by atoms with Crippen molar-refractivity contribution in [2.24, 2.45) is 0 Å². The highest BCUT2D eigenvalue weighted by molar-refractivity contribution is 8.18. The molecule has 3 rings (SSSR count). The largest absolute Gasteiger partial charge is 0.318 e. The van der Waals surface area contributed by atoms with Crippen molar-refractivity contribution in [3.8, 4) is 18.0 Å². The minimum Gasteiger partial charge on any atom is -0.318 e. The lowest BCUT2D eigenvalue weighted by Crippen LogP contribution is -2.28. The fourth-order valence-corrected chi connectivity index (χ4v) is 4.11. The van der Waals surface area contributed by atoms with E-state index in [9.17, 15) is 9.59 Å². The molecule has 0 N–H and O–H groups in total. The first-order valence-corrected chi connectivity index (χ1v) is 9.10. The van der Waals surface area contributed by atoms with Crippen LogP contribution in [0.4, 0.5) is 4.79 Å². The SMILES string of the molecule is C#CCN1C(=O)S/C(=C\c2cc(C)n(-c3cc(C)cc(C)c3)c2C)C1=O. The van der Waals surface area contributed by atoms with E-state index in [2.05, 4.69) is 42.5 Å². The van der Waals surface area contributed by atoms with Gasteiger partial charge < -0.3 is 4.57 Å². The van der Waals surface area contributed by atoms with E-state index in [-0.39, 0.29) is 17.7 Å². The lowest BCUT2D eigenvalue weighted by molar-refractivity contribution is -0.122. The van der Waals surface area contributed by atoms with Gasteiger partial charge in [0, 0.05) is 17.1 Å². The smallest absolute Gasteiger partial charge is 0.294 e. The van der Waals surface area contributed by atoms with Crippen LogP contribution in [-0.2, 0) is 4.79 Å². The molecule has 1 aliphatic heterocycles. The summed E-state index contributed by atoms with van der Waals surface area (Å²) in [6, 6.07) is 8.44. The summed E-state index contributed by atoms with van der Waals surface area (Å²) in [7, 11) is 0. The number of hydrogen-bond acceptors (Lipinski definition) is 3. The minimum absolute atomic E-state index is 0.00357. The van der Waals surface area contributed by atoms with Crippen molar-refractivity contribution >= 4 is 29.0 Å². The topological polar surface area (TPSA) is 42.3 Å². The summed E-state index contributed by atoms with van der Waals surface area (Å²) in [5, 5.41) is -0.317. The molecule has 132 valence electrons. The highest BCUT2D eigenvalue weighted by Crippen LogP contribution is 2.33. The molecule has 5 heteroatoms. The van der Waals surface area contributed by atoms with Gasteiger partial charge in [0.2, 0.25) is 0 Å². The summed E-state index contributed by atoms with van der Waals surface area (Å²) >= 11 is 0.935. The van der Waals surface area contributed by atoms with Crippen molar-refractivity contribution in [3.05, 3.63) is 57.2 Å². The molecular weight excluding hydrogens is 344 g/mol. The van der Waals surface area contributed by atoms with Crippen LogP contribution in [0, 0.1) is 40.0 Å². The first-order chi connectivity index (χ1) is 12.3. The van der Waals surface area contributed by atoms with Crippen LogP contribution in [0.3, 0.4) is 0 Å². The maximum Gasteiger partial charge on any atom is 0.294 e. The van der Waals surface area contributed by atoms with Crippen molar-refractivity contribution < 1.29 is 9.59 Å². The Morgan fingerprint density at radius 1 is 1.08 bits per heavy atom. The summed E-state index contributed by atoms with van der Waals surface area (Å²) < 4.78 is 2.16. The zero-order valence-electron chi connectivity index (χ0n) is 15.3. The number of thioether (sulfide) groups is 1. The Balaban J connectivity index is 2.03. The van der Waals surface area contributed by atoms with Gasteiger partial charge in [-0.3, -0.25) is 14.5 Å². The number of amides is 2. The van der Waals surface area contributed by atoms with E-state index in [1.54, 1.807) is 6.08 Å². The van der Waals surface area contributed by atoms with E-state index in [1.807, 2.05) is 19.9 Å². The molecule has 1 fully saturated rings. The molecule has 4 nitrogen and oxygen atoms in total. The highest BCUT2D eigenvalue weighted by atomic mass is 32.2. The Morgan fingerprint density at radius 2 is 1.73 bits per heavy atom. The Hall–Kier alpha value is -2.71. The fraction of sp³-hybridized carbons (Fsp3) is 0.238. The highest BCUT2D eigenvalue weighted by Gasteiger charge is 2.34. The Kier molecular flexibility index (Phi) is 4.80. The zero-order valence-corrected chi connectivity index (χ0v) is 16.1. The molecule has 2 heterocycles. The quantitative estimate of drug-likeness (QED) is 0.599. The van der Waals surface area contributed by atoms with Crippen molar-refractivity contribution in [3.63, 3.8) is 0 Å². The van der Waals surface area contributed by atoms with E-state index in [4.69, 9.17) is 6.42 Å². The van der Waals surface area contributed by atoms with Gasteiger partial charge in [-0.2, -0.15) is 0 Å². The molecule has 1 aromatic carbocycles. The molecule has 26 heavy (non-hydrogen) atoms.